The molecule has 0 saturated heterocycles. The molecule has 1 atom stereocenters. The van der Waals surface area contributed by atoms with E-state index in [0.717, 1.165) is 25.2 Å². The molecule has 0 spiro atoms. The van der Waals surface area contributed by atoms with Crippen molar-refractivity contribution >= 4 is 0 Å². The van der Waals surface area contributed by atoms with E-state index in [-0.39, 0.29) is 0 Å². The van der Waals surface area contributed by atoms with E-state index in [1.54, 1.807) is 5.57 Å². The maximum absolute atomic E-state index is 2.45. The van der Waals surface area contributed by atoms with Crippen LogP contribution in [0.5, 0.6) is 0 Å². The zero-order valence-electron chi connectivity index (χ0n) is 27.9. The highest BCUT2D eigenvalue weighted by Gasteiger charge is 1.98. The summed E-state index contributed by atoms with van der Waals surface area (Å²) in [6, 6.07) is 0. The molecule has 0 heteroatoms. The molecule has 0 amide bonds. The summed E-state index contributed by atoms with van der Waals surface area (Å²) in [5, 5.41) is 0. The molecule has 0 aliphatic heterocycles. The molecular formula is C40H62. The molecule has 0 aliphatic carbocycles. The molecule has 0 fully saturated rings. The molecule has 0 aromatic heterocycles. The predicted octanol–water partition coefficient (Wildman–Crippen LogP) is 13.3. The smallest absolute Gasteiger partial charge is 0.0138 e. The van der Waals surface area contributed by atoms with Gasteiger partial charge in [-0.15, -0.1) is 0 Å². The first-order chi connectivity index (χ1) is 19.0. The molecule has 222 valence electrons. The van der Waals surface area contributed by atoms with Gasteiger partial charge in [-0.25, -0.2) is 0 Å². The monoisotopic (exact) mass is 542 g/mol. The van der Waals surface area contributed by atoms with Crippen LogP contribution in [-0.4, -0.2) is 0 Å². The summed E-state index contributed by atoms with van der Waals surface area (Å²) in [6.45, 7) is 22.3. The highest BCUT2D eigenvalue weighted by molar-refractivity contribution is 5.30. The standard InChI is InChI=1S/C40H62/c1-33(2)19-13-23-37(7)27-17-31-39(9)29-15-25-35(5)21-11-12-22-36(6)26-16-30-40(10)32-18-28-38(8)24-14-20-34(3)4/h11-12,15-17,19,21-22,25,27-31,34,40H,13-14,18,20,23-24,26,32H2,1-10H3/b12-11+,25-15+,30-16+,31-17+,35-21+,36-22+,37-27+,38-28+,39-29+. The van der Waals surface area contributed by atoms with Gasteiger partial charge in [0.05, 0.1) is 0 Å². The lowest BCUT2D eigenvalue weighted by Crippen LogP contribution is -1.90. The fourth-order valence-corrected chi connectivity index (χ4v) is 4.06. The summed E-state index contributed by atoms with van der Waals surface area (Å²) >= 11 is 0. The Kier molecular flexibility index (Phi) is 22.6. The van der Waals surface area contributed by atoms with Crippen LogP contribution >= 0.6 is 0 Å². The maximum atomic E-state index is 2.45. The van der Waals surface area contributed by atoms with Crippen LogP contribution in [0.15, 0.2) is 119 Å². The SMILES string of the molecule is CC(C)=CCC/C(C)=C/C=C/C(C)=C/C=C/C(C)=C/C=C/C=C(\C)C/C=C/C(C)CC/C=C(\C)CCCC(C)C. The Balaban J connectivity index is 4.46. The Bertz CT molecular complexity index is 985. The van der Waals surface area contributed by atoms with Crippen molar-refractivity contribution in [2.24, 2.45) is 11.8 Å². The second-order valence-electron chi connectivity index (χ2n) is 12.3. The van der Waals surface area contributed by atoms with Gasteiger partial charge in [-0.05, 0) is 105 Å². The van der Waals surface area contributed by atoms with E-state index in [9.17, 15) is 0 Å². The van der Waals surface area contributed by atoms with E-state index in [1.807, 2.05) is 0 Å². The van der Waals surface area contributed by atoms with Crippen molar-refractivity contribution in [3.8, 4) is 0 Å². The van der Waals surface area contributed by atoms with E-state index < -0.39 is 0 Å². The lowest BCUT2D eigenvalue weighted by atomic mass is 10.00. The highest BCUT2D eigenvalue weighted by Crippen LogP contribution is 2.15. The minimum absolute atomic E-state index is 0.631. The number of allylic oxidation sites excluding steroid dienone is 20. The van der Waals surface area contributed by atoms with Crippen molar-refractivity contribution in [3.05, 3.63) is 119 Å². The van der Waals surface area contributed by atoms with Crippen LogP contribution < -0.4 is 0 Å². The Morgan fingerprint density at radius 3 is 1.82 bits per heavy atom. The normalized spacial score (nSPS) is 15.5. The third-order valence-corrected chi connectivity index (χ3v) is 6.77. The van der Waals surface area contributed by atoms with Crippen LogP contribution in [-0.2, 0) is 0 Å². The van der Waals surface area contributed by atoms with Crippen molar-refractivity contribution in [1.82, 2.24) is 0 Å². The molecule has 0 aromatic carbocycles. The molecule has 0 nitrogen and oxygen atoms in total. The first-order valence-corrected chi connectivity index (χ1v) is 15.6. The Morgan fingerprint density at radius 2 is 1.18 bits per heavy atom. The second kappa shape index (κ2) is 24.2. The fourth-order valence-electron chi connectivity index (χ4n) is 4.06. The zero-order valence-corrected chi connectivity index (χ0v) is 27.9. The van der Waals surface area contributed by atoms with Crippen molar-refractivity contribution < 1.29 is 0 Å². The molecule has 0 heterocycles. The van der Waals surface area contributed by atoms with Gasteiger partial charge >= 0.3 is 0 Å². The number of hydrogen-bond donors (Lipinski definition) is 0. The largest absolute Gasteiger partial charge is 0.0856 e. The molecule has 0 bridgehead atoms. The average molecular weight is 543 g/mol. The van der Waals surface area contributed by atoms with Gasteiger partial charge in [-0.3, -0.25) is 0 Å². The molecule has 0 aliphatic rings. The quantitative estimate of drug-likeness (QED) is 0.112. The number of hydrogen-bond acceptors (Lipinski definition) is 0. The lowest BCUT2D eigenvalue weighted by Gasteiger charge is -2.06. The van der Waals surface area contributed by atoms with Crippen LogP contribution in [0.3, 0.4) is 0 Å². The van der Waals surface area contributed by atoms with Crippen molar-refractivity contribution in [2.45, 2.75) is 121 Å². The summed E-state index contributed by atoms with van der Waals surface area (Å²) in [7, 11) is 0. The van der Waals surface area contributed by atoms with E-state index in [2.05, 4.69) is 154 Å². The van der Waals surface area contributed by atoms with Gasteiger partial charge < -0.3 is 0 Å². The van der Waals surface area contributed by atoms with Crippen LogP contribution in [0.4, 0.5) is 0 Å². The fraction of sp³-hybridized carbons (Fsp3) is 0.500. The van der Waals surface area contributed by atoms with Gasteiger partial charge in [0.25, 0.3) is 0 Å². The van der Waals surface area contributed by atoms with E-state index >= 15 is 0 Å². The van der Waals surface area contributed by atoms with Gasteiger partial charge in [-0.2, -0.15) is 0 Å². The topological polar surface area (TPSA) is 0 Å². The summed E-state index contributed by atoms with van der Waals surface area (Å²) < 4.78 is 0. The highest BCUT2D eigenvalue weighted by atomic mass is 14.0. The van der Waals surface area contributed by atoms with E-state index in [4.69, 9.17) is 0 Å². The molecule has 0 N–H and O–H groups in total. The maximum Gasteiger partial charge on any atom is -0.0138 e. The first kappa shape index (κ1) is 37.4. The molecular weight excluding hydrogens is 480 g/mol. The predicted molar refractivity (Wildman–Crippen MR) is 186 cm³/mol. The minimum Gasteiger partial charge on any atom is -0.0856 e. The molecule has 40 heavy (non-hydrogen) atoms. The molecule has 0 aromatic rings. The zero-order chi connectivity index (χ0) is 30.2. The van der Waals surface area contributed by atoms with E-state index in [0.29, 0.717) is 5.92 Å². The summed E-state index contributed by atoms with van der Waals surface area (Å²) in [5.41, 5.74) is 8.24. The van der Waals surface area contributed by atoms with Gasteiger partial charge in [0, 0.05) is 0 Å². The molecule has 0 radical (unpaired) electrons. The van der Waals surface area contributed by atoms with Crippen LogP contribution in [0.1, 0.15) is 121 Å². The van der Waals surface area contributed by atoms with Gasteiger partial charge in [0.1, 0.15) is 0 Å². The van der Waals surface area contributed by atoms with Crippen LogP contribution in [0.2, 0.25) is 0 Å². The van der Waals surface area contributed by atoms with Gasteiger partial charge in [-0.1, -0.05) is 146 Å². The summed E-state index contributed by atoms with van der Waals surface area (Å²) in [6.07, 6.45) is 40.7. The third-order valence-electron chi connectivity index (χ3n) is 6.77. The Labute approximate surface area is 250 Å². The molecule has 0 rings (SSSR count). The molecule has 0 saturated carbocycles. The van der Waals surface area contributed by atoms with Crippen molar-refractivity contribution in [3.63, 3.8) is 0 Å². The van der Waals surface area contributed by atoms with Crippen LogP contribution in [0.25, 0.3) is 0 Å². The summed E-state index contributed by atoms with van der Waals surface area (Å²) in [4.78, 5) is 0. The molecule has 1 unspecified atom stereocenters. The first-order valence-electron chi connectivity index (χ1n) is 15.6. The van der Waals surface area contributed by atoms with Crippen molar-refractivity contribution in [2.75, 3.05) is 0 Å². The Hall–Kier alpha value is -2.60. The lowest BCUT2D eigenvalue weighted by molar-refractivity contribution is 0.554. The minimum atomic E-state index is 0.631. The average Bonchev–Trinajstić information content (AvgIpc) is 2.86. The van der Waals surface area contributed by atoms with Crippen LogP contribution in [0, 0.1) is 11.8 Å². The summed E-state index contributed by atoms with van der Waals surface area (Å²) in [5.74, 6) is 1.45. The van der Waals surface area contributed by atoms with E-state index in [1.165, 1.54) is 60.0 Å². The number of rotatable bonds is 19. The second-order valence-corrected chi connectivity index (χ2v) is 12.3. The van der Waals surface area contributed by atoms with Gasteiger partial charge in [0.15, 0.2) is 0 Å². The third kappa shape index (κ3) is 25.7. The Morgan fingerprint density at radius 1 is 0.575 bits per heavy atom. The van der Waals surface area contributed by atoms with Crippen molar-refractivity contribution in [1.29, 1.82) is 0 Å². The van der Waals surface area contributed by atoms with Gasteiger partial charge in [0.2, 0.25) is 0 Å².